The lowest BCUT2D eigenvalue weighted by Crippen LogP contribution is -2.32. The van der Waals surface area contributed by atoms with Gasteiger partial charge in [0.2, 0.25) is 0 Å². The zero-order valence-corrected chi connectivity index (χ0v) is 16.4. The number of hydrogen-bond donors (Lipinski definition) is 2. The number of aliphatic imine (C=N–C) groups is 1. The van der Waals surface area contributed by atoms with E-state index in [2.05, 4.69) is 17.2 Å². The van der Waals surface area contributed by atoms with E-state index < -0.39 is 0 Å². The number of guanidine groups is 1. The topological polar surface area (TPSA) is 68.9 Å². The van der Waals surface area contributed by atoms with E-state index in [0.717, 1.165) is 24.9 Å². The van der Waals surface area contributed by atoms with Crippen LogP contribution >= 0.6 is 35.6 Å². The van der Waals surface area contributed by atoms with Gasteiger partial charge >= 0.3 is 0 Å². The molecule has 0 saturated carbocycles. The summed E-state index contributed by atoms with van der Waals surface area (Å²) in [5, 5.41) is 3.58. The highest BCUT2D eigenvalue weighted by Gasteiger charge is 2.11. The molecule has 126 valence electrons. The predicted molar refractivity (Wildman–Crippen MR) is 103 cm³/mol. The van der Waals surface area contributed by atoms with Crippen LogP contribution in [0.3, 0.4) is 0 Å². The van der Waals surface area contributed by atoms with Crippen molar-refractivity contribution in [3.05, 3.63) is 22.7 Å². The lowest BCUT2D eigenvalue weighted by molar-refractivity contribution is 0.311. The fraction of sp³-hybridized carbons (Fsp3) is 0.533. The zero-order valence-electron chi connectivity index (χ0n) is 13.3. The highest BCUT2D eigenvalue weighted by molar-refractivity contribution is 14.0. The molecule has 0 spiro atoms. The standard InChI is InChI=1S/C15H24ClN3O2.HI/c1-4-6-7-18-15(17)19-10-11-8-12(16)14(21-5-2)13(9-11)20-3;/h8-9H,4-7,10H2,1-3H3,(H3,17,18,19);1H. The maximum atomic E-state index is 6.21. The number of nitrogens with zero attached hydrogens (tertiary/aromatic N) is 1. The number of hydrogen-bond acceptors (Lipinski definition) is 3. The van der Waals surface area contributed by atoms with Gasteiger partial charge in [-0.3, -0.25) is 0 Å². The molecule has 0 atom stereocenters. The van der Waals surface area contributed by atoms with Crippen LogP contribution in [0.15, 0.2) is 17.1 Å². The Bertz CT molecular complexity index is 484. The predicted octanol–water partition coefficient (Wildman–Crippen LogP) is 3.57. The molecule has 1 aromatic carbocycles. The van der Waals surface area contributed by atoms with Crippen LogP contribution in [0.25, 0.3) is 0 Å². The summed E-state index contributed by atoms with van der Waals surface area (Å²) in [5.41, 5.74) is 6.72. The van der Waals surface area contributed by atoms with Crippen molar-refractivity contribution >= 4 is 41.5 Å². The van der Waals surface area contributed by atoms with Crippen LogP contribution in [0.5, 0.6) is 11.5 Å². The molecule has 0 amide bonds. The van der Waals surface area contributed by atoms with Gasteiger partial charge in [0.15, 0.2) is 17.5 Å². The Morgan fingerprint density at radius 1 is 1.36 bits per heavy atom. The second-order valence-electron chi connectivity index (χ2n) is 4.52. The fourth-order valence-corrected chi connectivity index (χ4v) is 2.06. The summed E-state index contributed by atoms with van der Waals surface area (Å²) in [7, 11) is 1.59. The van der Waals surface area contributed by atoms with Gasteiger partial charge < -0.3 is 20.5 Å². The molecule has 0 unspecified atom stereocenters. The second-order valence-corrected chi connectivity index (χ2v) is 4.93. The lowest BCUT2D eigenvalue weighted by atomic mass is 10.2. The first kappa shape index (κ1) is 21.1. The van der Waals surface area contributed by atoms with E-state index in [-0.39, 0.29) is 24.0 Å². The quantitative estimate of drug-likeness (QED) is 0.280. The summed E-state index contributed by atoms with van der Waals surface area (Å²) < 4.78 is 10.8. The molecule has 0 aliphatic rings. The molecule has 0 radical (unpaired) electrons. The summed E-state index contributed by atoms with van der Waals surface area (Å²) in [5.74, 6) is 1.60. The van der Waals surface area contributed by atoms with Gasteiger partial charge in [0.25, 0.3) is 0 Å². The average Bonchev–Trinajstić information content (AvgIpc) is 2.47. The van der Waals surface area contributed by atoms with Crippen molar-refractivity contribution in [1.29, 1.82) is 0 Å². The smallest absolute Gasteiger partial charge is 0.188 e. The molecule has 0 aliphatic carbocycles. The number of benzene rings is 1. The molecule has 0 saturated heterocycles. The summed E-state index contributed by atoms with van der Waals surface area (Å²) >= 11 is 6.21. The van der Waals surface area contributed by atoms with Crippen LogP contribution in [0, 0.1) is 0 Å². The number of ether oxygens (including phenoxy) is 2. The molecule has 0 bridgehead atoms. The third-order valence-electron chi connectivity index (χ3n) is 2.85. The van der Waals surface area contributed by atoms with E-state index in [1.54, 1.807) is 7.11 Å². The first-order valence-corrected chi connectivity index (χ1v) is 7.53. The summed E-state index contributed by atoms with van der Waals surface area (Å²) in [6, 6.07) is 3.68. The normalized spacial score (nSPS) is 10.8. The Kier molecular flexibility index (Phi) is 11.2. The Labute approximate surface area is 154 Å². The number of unbranched alkanes of at least 4 members (excludes halogenated alkanes) is 1. The molecule has 22 heavy (non-hydrogen) atoms. The van der Waals surface area contributed by atoms with Crippen molar-refractivity contribution in [3.8, 4) is 11.5 Å². The van der Waals surface area contributed by atoms with E-state index in [1.807, 2.05) is 19.1 Å². The summed E-state index contributed by atoms with van der Waals surface area (Å²) in [6.45, 7) is 5.83. The Balaban J connectivity index is 0.00000441. The maximum absolute atomic E-state index is 6.21. The minimum absolute atomic E-state index is 0. The molecule has 0 heterocycles. The fourth-order valence-electron chi connectivity index (χ4n) is 1.77. The van der Waals surface area contributed by atoms with Crippen LogP contribution < -0.4 is 20.5 Å². The number of nitrogens with one attached hydrogen (secondary N) is 1. The number of halogens is 2. The monoisotopic (exact) mass is 441 g/mol. The van der Waals surface area contributed by atoms with Crippen LogP contribution in [0.4, 0.5) is 0 Å². The van der Waals surface area contributed by atoms with Crippen molar-refractivity contribution in [2.24, 2.45) is 10.7 Å². The maximum Gasteiger partial charge on any atom is 0.188 e. The Morgan fingerprint density at radius 3 is 2.68 bits per heavy atom. The minimum Gasteiger partial charge on any atom is -0.493 e. The third-order valence-corrected chi connectivity index (χ3v) is 3.13. The van der Waals surface area contributed by atoms with Gasteiger partial charge in [-0.25, -0.2) is 4.99 Å². The molecule has 1 rings (SSSR count). The molecular weight excluding hydrogens is 417 g/mol. The third kappa shape index (κ3) is 6.91. The van der Waals surface area contributed by atoms with Crippen molar-refractivity contribution in [3.63, 3.8) is 0 Å². The molecular formula is C15H25ClIN3O2. The van der Waals surface area contributed by atoms with Gasteiger partial charge in [0, 0.05) is 6.54 Å². The van der Waals surface area contributed by atoms with Gasteiger partial charge in [-0.2, -0.15) is 0 Å². The van der Waals surface area contributed by atoms with E-state index in [1.165, 1.54) is 0 Å². The summed E-state index contributed by atoms with van der Waals surface area (Å²) in [4.78, 5) is 4.29. The van der Waals surface area contributed by atoms with E-state index in [9.17, 15) is 0 Å². The largest absolute Gasteiger partial charge is 0.493 e. The van der Waals surface area contributed by atoms with Crippen LogP contribution in [-0.2, 0) is 6.54 Å². The molecule has 0 aromatic heterocycles. The number of nitrogens with two attached hydrogens (primary N) is 1. The molecule has 5 nitrogen and oxygen atoms in total. The molecule has 1 aromatic rings. The van der Waals surface area contributed by atoms with Gasteiger partial charge in [0.1, 0.15) is 0 Å². The van der Waals surface area contributed by atoms with Gasteiger partial charge in [0.05, 0.1) is 25.3 Å². The summed E-state index contributed by atoms with van der Waals surface area (Å²) in [6.07, 6.45) is 2.19. The Morgan fingerprint density at radius 2 is 2.09 bits per heavy atom. The van der Waals surface area contributed by atoms with Crippen molar-refractivity contribution in [2.75, 3.05) is 20.3 Å². The molecule has 7 heteroatoms. The molecule has 3 N–H and O–H groups in total. The second kappa shape index (κ2) is 11.6. The lowest BCUT2D eigenvalue weighted by Gasteiger charge is -2.12. The van der Waals surface area contributed by atoms with E-state index >= 15 is 0 Å². The van der Waals surface area contributed by atoms with Gasteiger partial charge in [-0.05, 0) is 31.0 Å². The first-order chi connectivity index (χ1) is 10.1. The van der Waals surface area contributed by atoms with Crippen LogP contribution in [0.1, 0.15) is 32.3 Å². The zero-order chi connectivity index (χ0) is 15.7. The van der Waals surface area contributed by atoms with Gasteiger partial charge in [-0.1, -0.05) is 24.9 Å². The van der Waals surface area contributed by atoms with Crippen molar-refractivity contribution < 1.29 is 9.47 Å². The molecule has 0 fully saturated rings. The van der Waals surface area contributed by atoms with E-state index in [4.69, 9.17) is 26.8 Å². The SMILES string of the molecule is CCCCNC(N)=NCc1cc(Cl)c(OCC)c(OC)c1.I. The number of rotatable bonds is 8. The Hall–Kier alpha value is -0.890. The van der Waals surface area contributed by atoms with Crippen LogP contribution in [-0.4, -0.2) is 26.2 Å². The average molecular weight is 442 g/mol. The van der Waals surface area contributed by atoms with Crippen molar-refractivity contribution in [1.82, 2.24) is 5.32 Å². The number of methoxy groups -OCH3 is 1. The first-order valence-electron chi connectivity index (χ1n) is 7.15. The van der Waals surface area contributed by atoms with Crippen molar-refractivity contribution in [2.45, 2.75) is 33.2 Å². The highest BCUT2D eigenvalue weighted by atomic mass is 127. The van der Waals surface area contributed by atoms with Crippen LogP contribution in [0.2, 0.25) is 5.02 Å². The molecule has 0 aliphatic heterocycles. The van der Waals surface area contributed by atoms with Gasteiger partial charge in [-0.15, -0.1) is 24.0 Å². The highest BCUT2D eigenvalue weighted by Crippen LogP contribution is 2.36. The van der Waals surface area contributed by atoms with E-state index in [0.29, 0.717) is 35.6 Å². The minimum atomic E-state index is 0.